The zero-order chi connectivity index (χ0) is 22.7. The Bertz CT molecular complexity index is 476. The number of nitrogens with zero attached hydrogens (tertiary/aromatic N) is 1. The van der Waals surface area contributed by atoms with E-state index in [2.05, 4.69) is 0 Å². The van der Waals surface area contributed by atoms with Gasteiger partial charge >= 0.3 is 0 Å². The van der Waals surface area contributed by atoms with Crippen LogP contribution in [-0.2, 0) is 14.3 Å². The van der Waals surface area contributed by atoms with Gasteiger partial charge in [-0.2, -0.15) is 0 Å². The van der Waals surface area contributed by atoms with E-state index in [0.717, 1.165) is 19.3 Å². The standard InChI is InChI=1S/C20H37NO7.C2H6/c1-13-17(8-14(11-22)20(26)19(13)25)28-7-5-3-4-6-18(24)21-10-16(23)9-15(21)12-27-2;1-2/h13-17,19-20,22-23,25-26H,3-12H2,1-2H3;1-2H3/t13?,14?,15-,16+,17+,19+,20-;/m0./s1. The molecule has 0 spiro atoms. The molecule has 0 aromatic heterocycles. The van der Waals surface area contributed by atoms with E-state index in [1.54, 1.807) is 12.0 Å². The van der Waals surface area contributed by atoms with Crippen LogP contribution < -0.4 is 0 Å². The average molecular weight is 434 g/mol. The van der Waals surface area contributed by atoms with Crippen LogP contribution in [0.4, 0.5) is 0 Å². The van der Waals surface area contributed by atoms with Crippen molar-refractivity contribution in [3.05, 3.63) is 0 Å². The molecule has 2 rings (SSSR count). The van der Waals surface area contributed by atoms with E-state index >= 15 is 0 Å². The molecule has 1 amide bonds. The van der Waals surface area contributed by atoms with Crippen molar-refractivity contribution in [3.63, 3.8) is 0 Å². The Kier molecular flexibility index (Phi) is 13.0. The summed E-state index contributed by atoms with van der Waals surface area (Å²) in [5, 5.41) is 39.2. The first-order valence-corrected chi connectivity index (χ1v) is 11.4. The summed E-state index contributed by atoms with van der Waals surface area (Å²) in [6, 6.07) is -0.0372. The number of hydrogen-bond donors (Lipinski definition) is 4. The maximum absolute atomic E-state index is 12.4. The quantitative estimate of drug-likeness (QED) is 0.379. The summed E-state index contributed by atoms with van der Waals surface area (Å²) in [4.78, 5) is 14.1. The van der Waals surface area contributed by atoms with Crippen LogP contribution in [0.1, 0.15) is 59.3 Å². The molecule has 1 aliphatic heterocycles. The Hall–Kier alpha value is -0.770. The molecule has 0 radical (unpaired) electrons. The first-order valence-electron chi connectivity index (χ1n) is 11.4. The summed E-state index contributed by atoms with van der Waals surface area (Å²) < 4.78 is 11.0. The molecular formula is C22H43NO7. The largest absolute Gasteiger partial charge is 0.396 e. The number of rotatable bonds is 10. The molecule has 1 heterocycles. The number of likely N-dealkylation sites (tertiary alicyclic amines) is 1. The Labute approximate surface area is 181 Å². The summed E-state index contributed by atoms with van der Waals surface area (Å²) in [6.45, 7) is 7.05. The topological polar surface area (TPSA) is 120 Å². The van der Waals surface area contributed by atoms with Crippen molar-refractivity contribution in [1.29, 1.82) is 0 Å². The van der Waals surface area contributed by atoms with Gasteiger partial charge in [-0.15, -0.1) is 0 Å². The van der Waals surface area contributed by atoms with Gasteiger partial charge in [0.05, 0.1) is 37.1 Å². The fourth-order valence-corrected chi connectivity index (χ4v) is 4.35. The van der Waals surface area contributed by atoms with E-state index in [4.69, 9.17) is 9.47 Å². The van der Waals surface area contributed by atoms with Gasteiger partial charge in [0.25, 0.3) is 0 Å². The number of aliphatic hydroxyl groups is 4. The van der Waals surface area contributed by atoms with Crippen LogP contribution in [0.2, 0.25) is 0 Å². The molecule has 178 valence electrons. The van der Waals surface area contributed by atoms with Gasteiger partial charge in [-0.25, -0.2) is 0 Å². The number of unbranched alkanes of at least 4 members (excludes halogenated alkanes) is 2. The molecule has 1 saturated heterocycles. The zero-order valence-corrected chi connectivity index (χ0v) is 19.1. The monoisotopic (exact) mass is 433 g/mol. The van der Waals surface area contributed by atoms with Crippen molar-refractivity contribution in [3.8, 4) is 0 Å². The Morgan fingerprint density at radius 3 is 2.40 bits per heavy atom. The molecular weight excluding hydrogens is 390 g/mol. The molecule has 4 N–H and O–H groups in total. The Balaban J connectivity index is 0.00000218. The van der Waals surface area contributed by atoms with Gasteiger partial charge in [-0.05, 0) is 25.7 Å². The van der Waals surface area contributed by atoms with E-state index in [1.807, 2.05) is 20.8 Å². The van der Waals surface area contributed by atoms with Gasteiger partial charge in [-0.3, -0.25) is 4.79 Å². The minimum absolute atomic E-state index is 0.0372. The van der Waals surface area contributed by atoms with Crippen molar-refractivity contribution in [2.75, 3.05) is 33.5 Å². The lowest BCUT2D eigenvalue weighted by Gasteiger charge is -2.40. The normalized spacial score (nSPS) is 33.9. The highest BCUT2D eigenvalue weighted by molar-refractivity contribution is 5.76. The summed E-state index contributed by atoms with van der Waals surface area (Å²) >= 11 is 0. The Morgan fingerprint density at radius 2 is 1.77 bits per heavy atom. The van der Waals surface area contributed by atoms with Crippen LogP contribution in [0.15, 0.2) is 0 Å². The lowest BCUT2D eigenvalue weighted by molar-refractivity contribution is -0.144. The number of aliphatic hydroxyl groups excluding tert-OH is 4. The van der Waals surface area contributed by atoms with Crippen molar-refractivity contribution >= 4 is 5.91 Å². The first-order chi connectivity index (χ1) is 14.4. The summed E-state index contributed by atoms with van der Waals surface area (Å²) in [7, 11) is 1.60. The predicted molar refractivity (Wildman–Crippen MR) is 114 cm³/mol. The number of methoxy groups -OCH3 is 1. The van der Waals surface area contributed by atoms with Crippen LogP contribution in [-0.4, -0.2) is 95.2 Å². The number of β-amino-alcohol motifs (C(OH)–C–C–N with tert-alkyl or cyclic N) is 1. The van der Waals surface area contributed by atoms with Crippen molar-refractivity contribution in [2.24, 2.45) is 11.8 Å². The average Bonchev–Trinajstić information content (AvgIpc) is 3.12. The number of amides is 1. The molecule has 8 nitrogen and oxygen atoms in total. The molecule has 2 aliphatic rings. The second kappa shape index (κ2) is 14.3. The third-order valence-corrected chi connectivity index (χ3v) is 6.17. The second-order valence-corrected chi connectivity index (χ2v) is 8.28. The van der Waals surface area contributed by atoms with Crippen LogP contribution >= 0.6 is 0 Å². The van der Waals surface area contributed by atoms with Gasteiger partial charge in [0.1, 0.15) is 0 Å². The lowest BCUT2D eigenvalue weighted by atomic mass is 9.77. The molecule has 2 unspecified atom stereocenters. The van der Waals surface area contributed by atoms with Crippen LogP contribution in [0, 0.1) is 11.8 Å². The third kappa shape index (κ3) is 7.73. The van der Waals surface area contributed by atoms with Crippen molar-refractivity contribution < 1.29 is 34.7 Å². The second-order valence-electron chi connectivity index (χ2n) is 8.28. The highest BCUT2D eigenvalue weighted by Gasteiger charge is 2.41. The van der Waals surface area contributed by atoms with Crippen molar-refractivity contribution in [2.45, 2.75) is 89.8 Å². The van der Waals surface area contributed by atoms with Crippen LogP contribution in [0.3, 0.4) is 0 Å². The minimum Gasteiger partial charge on any atom is -0.396 e. The highest BCUT2D eigenvalue weighted by Crippen LogP contribution is 2.31. The smallest absolute Gasteiger partial charge is 0.222 e. The molecule has 1 aliphatic carbocycles. The maximum Gasteiger partial charge on any atom is 0.222 e. The molecule has 0 aromatic carbocycles. The molecule has 0 bridgehead atoms. The number of ether oxygens (including phenoxy) is 2. The maximum atomic E-state index is 12.4. The van der Waals surface area contributed by atoms with Gasteiger partial charge in [0.15, 0.2) is 0 Å². The molecule has 2 fully saturated rings. The van der Waals surface area contributed by atoms with Gasteiger partial charge in [0.2, 0.25) is 5.91 Å². The van der Waals surface area contributed by atoms with Crippen LogP contribution in [0.5, 0.6) is 0 Å². The van der Waals surface area contributed by atoms with Crippen LogP contribution in [0.25, 0.3) is 0 Å². The van der Waals surface area contributed by atoms with E-state index < -0.39 is 18.3 Å². The highest BCUT2D eigenvalue weighted by atomic mass is 16.5. The fraction of sp³-hybridized carbons (Fsp3) is 0.955. The molecule has 30 heavy (non-hydrogen) atoms. The van der Waals surface area contributed by atoms with E-state index in [-0.39, 0.29) is 36.5 Å². The summed E-state index contributed by atoms with van der Waals surface area (Å²) in [6.07, 6.45) is 1.54. The third-order valence-electron chi connectivity index (χ3n) is 6.17. The fourth-order valence-electron chi connectivity index (χ4n) is 4.35. The molecule has 7 atom stereocenters. The van der Waals surface area contributed by atoms with Gasteiger partial charge in [-0.1, -0.05) is 27.2 Å². The van der Waals surface area contributed by atoms with Gasteiger partial charge in [0, 0.05) is 45.1 Å². The SMILES string of the molecule is CC.COC[C@@H]1C[C@@H](O)CN1C(=O)CCCCCO[C@@H]1CC(CO)[C@H](O)[C@H](O)C1C. The summed E-state index contributed by atoms with van der Waals surface area (Å²) in [5.74, 6) is -0.480. The van der Waals surface area contributed by atoms with E-state index in [9.17, 15) is 25.2 Å². The Morgan fingerprint density at radius 1 is 1.07 bits per heavy atom. The molecule has 8 heteroatoms. The van der Waals surface area contributed by atoms with E-state index in [1.165, 1.54) is 0 Å². The molecule has 0 aromatic rings. The first kappa shape index (κ1) is 27.3. The number of carbonyl (C=O) groups excluding carboxylic acids is 1. The minimum atomic E-state index is -0.906. The lowest BCUT2D eigenvalue weighted by Crippen LogP contribution is -2.50. The van der Waals surface area contributed by atoms with Gasteiger partial charge < -0.3 is 34.8 Å². The number of hydrogen-bond acceptors (Lipinski definition) is 7. The summed E-state index contributed by atoms with van der Waals surface area (Å²) in [5.41, 5.74) is 0. The van der Waals surface area contributed by atoms with E-state index in [0.29, 0.717) is 39.0 Å². The zero-order valence-electron chi connectivity index (χ0n) is 19.1. The molecule has 1 saturated carbocycles. The predicted octanol–water partition coefficient (Wildman–Crippen LogP) is 0.937. The number of carbonyl (C=O) groups is 1. The van der Waals surface area contributed by atoms with Crippen molar-refractivity contribution in [1.82, 2.24) is 4.90 Å².